The van der Waals surface area contributed by atoms with E-state index in [9.17, 15) is 0 Å². The van der Waals surface area contributed by atoms with E-state index in [1.54, 1.807) is 0 Å². The van der Waals surface area contributed by atoms with E-state index in [1.807, 2.05) is 121 Å². The zero-order chi connectivity index (χ0) is 55.8. The van der Waals surface area contributed by atoms with Crippen LogP contribution < -0.4 is 9.80 Å². The van der Waals surface area contributed by atoms with E-state index in [-0.39, 0.29) is 11.6 Å². The SMILES string of the molecule is Fc1c(N(c2ccccc2)c2ccc3ccc4c(N(c5ccccc5)c5ccc(-c6cccc7ccccc67)c(-c6cccc7ccccc67)c5F)ccc5ccc2c3c54)ccc(-c2cccc3ccccc23)c1-c1cccc2ccccc12. The fourth-order valence-electron chi connectivity index (χ4n) is 13.4. The zero-order valence-electron chi connectivity index (χ0n) is 45.5. The van der Waals surface area contributed by atoms with Crippen molar-refractivity contribution in [3.05, 3.63) is 315 Å². The maximum atomic E-state index is 19.1. The molecule has 16 aromatic rings. The smallest absolute Gasteiger partial charge is 0.155 e. The van der Waals surface area contributed by atoms with Crippen LogP contribution in [0.15, 0.2) is 303 Å². The lowest BCUT2D eigenvalue weighted by Crippen LogP contribution is -2.14. The second kappa shape index (κ2) is 19.9. The van der Waals surface area contributed by atoms with E-state index in [4.69, 9.17) is 0 Å². The first-order valence-electron chi connectivity index (χ1n) is 28.5. The van der Waals surface area contributed by atoms with Crippen LogP contribution in [0.2, 0.25) is 0 Å². The van der Waals surface area contributed by atoms with Crippen LogP contribution in [0.1, 0.15) is 0 Å². The first kappa shape index (κ1) is 48.9. The van der Waals surface area contributed by atoms with Crippen LogP contribution in [0.3, 0.4) is 0 Å². The molecule has 16 rings (SSSR count). The van der Waals surface area contributed by atoms with Crippen LogP contribution in [-0.4, -0.2) is 0 Å². The highest BCUT2D eigenvalue weighted by atomic mass is 19.1. The highest BCUT2D eigenvalue weighted by molar-refractivity contribution is 6.28. The van der Waals surface area contributed by atoms with Crippen molar-refractivity contribution in [2.75, 3.05) is 9.80 Å². The summed E-state index contributed by atoms with van der Waals surface area (Å²) in [4.78, 5) is 4.17. The molecule has 0 saturated heterocycles. The van der Waals surface area contributed by atoms with Gasteiger partial charge in [0.15, 0.2) is 11.6 Å². The zero-order valence-corrected chi connectivity index (χ0v) is 45.5. The van der Waals surface area contributed by atoms with Gasteiger partial charge >= 0.3 is 0 Å². The van der Waals surface area contributed by atoms with Crippen LogP contribution in [-0.2, 0) is 0 Å². The molecule has 0 atom stereocenters. The van der Waals surface area contributed by atoms with Crippen molar-refractivity contribution in [3.63, 3.8) is 0 Å². The Morgan fingerprint density at radius 2 is 0.488 bits per heavy atom. The minimum absolute atomic E-state index is 0.330. The van der Waals surface area contributed by atoms with Crippen LogP contribution in [0.25, 0.3) is 120 Å². The summed E-state index contributed by atoms with van der Waals surface area (Å²) >= 11 is 0. The number of halogens is 2. The molecule has 0 unspecified atom stereocenters. The summed E-state index contributed by atoms with van der Waals surface area (Å²) in [7, 11) is 0. The minimum atomic E-state index is -0.330. The molecule has 0 aromatic heterocycles. The predicted molar refractivity (Wildman–Crippen MR) is 351 cm³/mol. The number of para-hydroxylation sites is 2. The molecule has 0 aliphatic rings. The number of anilines is 6. The highest BCUT2D eigenvalue weighted by Gasteiger charge is 2.29. The monoisotopic (exact) mass is 1080 g/mol. The molecule has 0 saturated carbocycles. The normalized spacial score (nSPS) is 11.7. The summed E-state index contributed by atoms with van der Waals surface area (Å²) in [6, 6.07) is 104. The van der Waals surface area contributed by atoms with Crippen molar-refractivity contribution < 1.29 is 8.78 Å². The Hall–Kier alpha value is -10.9. The Morgan fingerprint density at radius 1 is 0.190 bits per heavy atom. The molecule has 0 aliphatic heterocycles. The Kier molecular flexibility index (Phi) is 11.6. The molecule has 0 bridgehead atoms. The van der Waals surface area contributed by atoms with Gasteiger partial charge in [0.25, 0.3) is 0 Å². The Labute approximate surface area is 484 Å². The van der Waals surface area contributed by atoms with E-state index in [0.717, 1.165) is 132 Å². The molecule has 0 fully saturated rings. The number of nitrogens with zero attached hydrogens (tertiary/aromatic N) is 2. The molecule has 394 valence electrons. The van der Waals surface area contributed by atoms with Gasteiger partial charge in [-0.3, -0.25) is 0 Å². The van der Waals surface area contributed by atoms with Crippen LogP contribution in [0.5, 0.6) is 0 Å². The number of fused-ring (bicyclic) bond motifs is 4. The highest BCUT2D eigenvalue weighted by Crippen LogP contribution is 2.52. The average molecular weight is 1080 g/mol. The molecular weight excluding hydrogens is 1030 g/mol. The van der Waals surface area contributed by atoms with Gasteiger partial charge in [-0.25, -0.2) is 8.78 Å². The molecule has 84 heavy (non-hydrogen) atoms. The third-order valence-corrected chi connectivity index (χ3v) is 17.1. The summed E-state index contributed by atoms with van der Waals surface area (Å²) in [5.74, 6) is -0.660. The van der Waals surface area contributed by atoms with Gasteiger partial charge in [-0.1, -0.05) is 255 Å². The Morgan fingerprint density at radius 3 is 0.869 bits per heavy atom. The largest absolute Gasteiger partial charge is 0.307 e. The summed E-state index contributed by atoms with van der Waals surface area (Å²) in [6.07, 6.45) is 0. The minimum Gasteiger partial charge on any atom is -0.307 e. The first-order valence-corrected chi connectivity index (χ1v) is 28.5. The van der Waals surface area contributed by atoms with Crippen molar-refractivity contribution >= 4 is 110 Å². The fourth-order valence-corrected chi connectivity index (χ4v) is 13.4. The third kappa shape index (κ3) is 7.83. The Bertz CT molecular complexity index is 4900. The molecule has 0 heterocycles. The van der Waals surface area contributed by atoms with Crippen molar-refractivity contribution in [2.24, 2.45) is 0 Å². The van der Waals surface area contributed by atoms with E-state index < -0.39 is 0 Å². The molecule has 4 heteroatoms. The number of rotatable bonds is 10. The molecule has 0 spiro atoms. The van der Waals surface area contributed by atoms with Gasteiger partial charge in [0.05, 0.1) is 22.7 Å². The number of benzene rings is 16. The van der Waals surface area contributed by atoms with E-state index >= 15 is 8.78 Å². The summed E-state index contributed by atoms with van der Waals surface area (Å²) in [5, 5.41) is 14.3. The van der Waals surface area contributed by atoms with E-state index in [0.29, 0.717) is 22.5 Å². The molecule has 2 nitrogen and oxygen atoms in total. The lowest BCUT2D eigenvalue weighted by Gasteiger charge is -2.30. The summed E-state index contributed by atoms with van der Waals surface area (Å²) in [6.45, 7) is 0. The molecule has 0 radical (unpaired) electrons. The number of hydrogen-bond donors (Lipinski definition) is 0. The van der Waals surface area contributed by atoms with Gasteiger partial charge < -0.3 is 9.80 Å². The van der Waals surface area contributed by atoms with Gasteiger partial charge in [-0.2, -0.15) is 0 Å². The van der Waals surface area contributed by atoms with Gasteiger partial charge in [0, 0.05) is 33.3 Å². The van der Waals surface area contributed by atoms with Crippen LogP contribution in [0.4, 0.5) is 42.9 Å². The van der Waals surface area contributed by atoms with Gasteiger partial charge in [-0.15, -0.1) is 0 Å². The van der Waals surface area contributed by atoms with Gasteiger partial charge in [0.1, 0.15) is 0 Å². The molecular formula is C80H50F2N2. The fraction of sp³-hybridized carbons (Fsp3) is 0. The quantitative estimate of drug-likeness (QED) is 0.126. The van der Waals surface area contributed by atoms with Gasteiger partial charge in [-0.05, 0) is 147 Å². The third-order valence-electron chi connectivity index (χ3n) is 17.1. The lowest BCUT2D eigenvalue weighted by atomic mass is 9.88. The number of hydrogen-bond acceptors (Lipinski definition) is 2. The van der Waals surface area contributed by atoms with Crippen molar-refractivity contribution in [3.8, 4) is 44.5 Å². The molecule has 0 N–H and O–H groups in total. The maximum absolute atomic E-state index is 19.1. The Balaban J connectivity index is 0.931. The van der Waals surface area contributed by atoms with Crippen molar-refractivity contribution in [2.45, 2.75) is 0 Å². The average Bonchev–Trinajstić information content (AvgIpc) is 1.86. The first-order chi connectivity index (χ1) is 41.6. The van der Waals surface area contributed by atoms with Gasteiger partial charge in [0.2, 0.25) is 0 Å². The summed E-state index contributed by atoms with van der Waals surface area (Å²) < 4.78 is 38.1. The maximum Gasteiger partial charge on any atom is 0.155 e. The van der Waals surface area contributed by atoms with Crippen LogP contribution >= 0.6 is 0 Å². The molecule has 16 aromatic carbocycles. The van der Waals surface area contributed by atoms with Crippen molar-refractivity contribution in [1.82, 2.24) is 0 Å². The van der Waals surface area contributed by atoms with Crippen LogP contribution in [0, 0.1) is 11.6 Å². The molecule has 0 amide bonds. The van der Waals surface area contributed by atoms with Crippen molar-refractivity contribution in [1.29, 1.82) is 0 Å². The topological polar surface area (TPSA) is 6.48 Å². The molecule has 0 aliphatic carbocycles. The second-order valence-electron chi connectivity index (χ2n) is 21.7. The van der Waals surface area contributed by atoms with E-state index in [1.165, 1.54) is 0 Å². The predicted octanol–water partition coefficient (Wildman–Crippen LogP) is 23.1. The lowest BCUT2D eigenvalue weighted by molar-refractivity contribution is 0.632. The standard InChI is InChI=1S/C80H50F2N2/c81-79-73(49-45-67(63-35-15-23-51-19-7-11-31-59(51)63)77(79)65-37-17-25-53-21-9-13-33-61(53)65)83(57-27-3-1-4-28-57)71-47-41-55-40-44-70-72(48-42-56-39-43-69(71)75(55)76(56)70)84(58-29-5-2-6-30-58)74-50-46-68(64-36-16-24-52-20-8-12-32-60(52)64)78(80(74)82)66-38-18-26-54-22-10-14-34-62(54)66/h1-50H. The summed E-state index contributed by atoms with van der Waals surface area (Å²) in [5.41, 5.74) is 10.4. The van der Waals surface area contributed by atoms with E-state index in [2.05, 4.69) is 192 Å². The second-order valence-corrected chi connectivity index (χ2v) is 21.7.